The van der Waals surface area contributed by atoms with E-state index in [1.165, 1.54) is 19.3 Å². The first-order valence-electron chi connectivity index (χ1n) is 6.18. The molecule has 1 fully saturated rings. The molecule has 0 N–H and O–H groups in total. The summed E-state index contributed by atoms with van der Waals surface area (Å²) < 4.78 is 9.75. The Bertz CT molecular complexity index is 290. The van der Waals surface area contributed by atoms with Crippen molar-refractivity contribution < 1.29 is 19.1 Å². The smallest absolute Gasteiger partial charge is 0.344 e. The van der Waals surface area contributed by atoms with Gasteiger partial charge in [-0.05, 0) is 25.7 Å². The third-order valence-corrected chi connectivity index (χ3v) is 2.94. The molecule has 0 aromatic heterocycles. The number of rotatable bonds is 5. The van der Waals surface area contributed by atoms with E-state index in [0.717, 1.165) is 12.8 Å². The number of carbonyl (C=O) groups excluding carboxylic acids is 2. The second-order valence-electron chi connectivity index (χ2n) is 4.30. The van der Waals surface area contributed by atoms with Crippen molar-refractivity contribution in [1.29, 1.82) is 0 Å². The first-order chi connectivity index (χ1) is 8.15. The van der Waals surface area contributed by atoms with Crippen LogP contribution >= 0.6 is 0 Å². The summed E-state index contributed by atoms with van der Waals surface area (Å²) in [5, 5.41) is 0. The molecule has 0 unspecified atom stereocenters. The standard InChI is InChI=1S/C13H20O4/c1-3-16-12(14)10(2)13(15)17-9-11-7-5-4-6-8-11/h11H,2-9H2,1H3. The van der Waals surface area contributed by atoms with Gasteiger partial charge in [-0.15, -0.1) is 0 Å². The summed E-state index contributed by atoms with van der Waals surface area (Å²) in [7, 11) is 0. The minimum Gasteiger partial charge on any atom is -0.462 e. The lowest BCUT2D eigenvalue weighted by molar-refractivity contribution is -0.147. The van der Waals surface area contributed by atoms with Crippen LogP contribution < -0.4 is 0 Å². The van der Waals surface area contributed by atoms with E-state index < -0.39 is 11.9 Å². The third-order valence-electron chi connectivity index (χ3n) is 2.94. The lowest BCUT2D eigenvalue weighted by atomic mass is 9.90. The Labute approximate surface area is 102 Å². The summed E-state index contributed by atoms with van der Waals surface area (Å²) in [5.41, 5.74) is -0.220. The van der Waals surface area contributed by atoms with E-state index in [1.54, 1.807) is 6.92 Å². The molecule has 17 heavy (non-hydrogen) atoms. The van der Waals surface area contributed by atoms with Crippen LogP contribution in [0, 0.1) is 5.92 Å². The van der Waals surface area contributed by atoms with Crippen LogP contribution in [-0.4, -0.2) is 25.2 Å². The first-order valence-corrected chi connectivity index (χ1v) is 6.18. The molecular weight excluding hydrogens is 220 g/mol. The number of esters is 2. The molecule has 0 saturated heterocycles. The van der Waals surface area contributed by atoms with Gasteiger partial charge in [0.05, 0.1) is 13.2 Å². The molecule has 1 rings (SSSR count). The van der Waals surface area contributed by atoms with Gasteiger partial charge >= 0.3 is 11.9 Å². The van der Waals surface area contributed by atoms with E-state index in [0.29, 0.717) is 12.5 Å². The van der Waals surface area contributed by atoms with Crippen molar-refractivity contribution in [2.45, 2.75) is 39.0 Å². The molecular formula is C13H20O4. The molecule has 0 atom stereocenters. The minimum atomic E-state index is -0.693. The van der Waals surface area contributed by atoms with E-state index in [2.05, 4.69) is 11.3 Å². The van der Waals surface area contributed by atoms with Gasteiger partial charge in [0, 0.05) is 0 Å². The Morgan fingerprint density at radius 3 is 2.29 bits per heavy atom. The Morgan fingerprint density at radius 1 is 1.12 bits per heavy atom. The summed E-state index contributed by atoms with van der Waals surface area (Å²) in [6.07, 6.45) is 5.85. The van der Waals surface area contributed by atoms with Gasteiger partial charge in [-0.1, -0.05) is 25.8 Å². The van der Waals surface area contributed by atoms with Gasteiger partial charge in [0.1, 0.15) is 5.57 Å². The second kappa shape index (κ2) is 7.09. The van der Waals surface area contributed by atoms with E-state index in [9.17, 15) is 9.59 Å². The van der Waals surface area contributed by atoms with Crippen LogP contribution in [0.15, 0.2) is 12.2 Å². The summed E-state index contributed by atoms with van der Waals surface area (Å²) in [6.45, 7) is 5.68. The molecule has 1 saturated carbocycles. The zero-order valence-corrected chi connectivity index (χ0v) is 10.4. The molecule has 0 aromatic rings. The highest BCUT2D eigenvalue weighted by Gasteiger charge is 2.21. The highest BCUT2D eigenvalue weighted by molar-refractivity contribution is 6.13. The predicted molar refractivity (Wildman–Crippen MR) is 63.3 cm³/mol. The number of hydrogen-bond acceptors (Lipinski definition) is 4. The minimum absolute atomic E-state index is 0.220. The fourth-order valence-corrected chi connectivity index (χ4v) is 1.94. The Morgan fingerprint density at radius 2 is 1.71 bits per heavy atom. The Hall–Kier alpha value is -1.32. The maximum atomic E-state index is 11.5. The van der Waals surface area contributed by atoms with E-state index in [-0.39, 0.29) is 12.2 Å². The van der Waals surface area contributed by atoms with Crippen LogP contribution in [0.1, 0.15) is 39.0 Å². The fraction of sp³-hybridized carbons (Fsp3) is 0.692. The van der Waals surface area contributed by atoms with Crippen molar-refractivity contribution in [3.63, 3.8) is 0 Å². The lowest BCUT2D eigenvalue weighted by Crippen LogP contribution is -2.21. The molecule has 0 aliphatic heterocycles. The van der Waals surface area contributed by atoms with Gasteiger partial charge in [0.2, 0.25) is 0 Å². The van der Waals surface area contributed by atoms with Crippen LogP contribution in [-0.2, 0) is 19.1 Å². The average Bonchev–Trinajstić information content (AvgIpc) is 2.36. The summed E-state index contributed by atoms with van der Waals surface area (Å²) in [4.78, 5) is 22.7. The molecule has 0 heterocycles. The maximum absolute atomic E-state index is 11.5. The average molecular weight is 240 g/mol. The summed E-state index contributed by atoms with van der Waals surface area (Å²) in [6, 6.07) is 0. The van der Waals surface area contributed by atoms with Gasteiger partial charge in [-0.25, -0.2) is 9.59 Å². The normalized spacial score (nSPS) is 16.3. The van der Waals surface area contributed by atoms with Crippen LogP contribution in [0.3, 0.4) is 0 Å². The van der Waals surface area contributed by atoms with E-state index >= 15 is 0 Å². The number of hydrogen-bond donors (Lipinski definition) is 0. The van der Waals surface area contributed by atoms with Crippen LogP contribution in [0.2, 0.25) is 0 Å². The molecule has 96 valence electrons. The SMILES string of the molecule is C=C(C(=O)OCC)C(=O)OCC1CCCCC1. The maximum Gasteiger partial charge on any atom is 0.344 e. The quantitative estimate of drug-likeness (QED) is 0.320. The molecule has 0 radical (unpaired) electrons. The fourth-order valence-electron chi connectivity index (χ4n) is 1.94. The van der Waals surface area contributed by atoms with Gasteiger partial charge in [0.25, 0.3) is 0 Å². The Kier molecular flexibility index (Phi) is 5.73. The summed E-state index contributed by atoms with van der Waals surface area (Å²) >= 11 is 0. The highest BCUT2D eigenvalue weighted by Crippen LogP contribution is 2.23. The molecule has 0 aromatic carbocycles. The van der Waals surface area contributed by atoms with Crippen molar-refractivity contribution in [2.24, 2.45) is 5.92 Å². The number of ether oxygens (including phenoxy) is 2. The van der Waals surface area contributed by atoms with Crippen molar-refractivity contribution in [1.82, 2.24) is 0 Å². The van der Waals surface area contributed by atoms with Crippen molar-refractivity contribution in [3.8, 4) is 0 Å². The second-order valence-corrected chi connectivity index (χ2v) is 4.30. The Balaban J connectivity index is 2.28. The van der Waals surface area contributed by atoms with Crippen molar-refractivity contribution in [2.75, 3.05) is 13.2 Å². The largest absolute Gasteiger partial charge is 0.462 e. The molecule has 4 nitrogen and oxygen atoms in total. The van der Waals surface area contributed by atoms with Gasteiger partial charge in [-0.3, -0.25) is 0 Å². The van der Waals surface area contributed by atoms with Crippen LogP contribution in [0.4, 0.5) is 0 Å². The molecule has 1 aliphatic rings. The lowest BCUT2D eigenvalue weighted by Gasteiger charge is -2.21. The first kappa shape index (κ1) is 13.7. The molecule has 0 bridgehead atoms. The number of carbonyl (C=O) groups is 2. The van der Waals surface area contributed by atoms with Crippen molar-refractivity contribution >= 4 is 11.9 Å². The van der Waals surface area contributed by atoms with Gasteiger partial charge < -0.3 is 9.47 Å². The van der Waals surface area contributed by atoms with Crippen LogP contribution in [0.25, 0.3) is 0 Å². The molecule has 4 heteroatoms. The topological polar surface area (TPSA) is 52.6 Å². The molecule has 0 spiro atoms. The van der Waals surface area contributed by atoms with E-state index in [1.807, 2.05) is 0 Å². The summed E-state index contributed by atoms with van der Waals surface area (Å²) in [5.74, 6) is -0.919. The van der Waals surface area contributed by atoms with Crippen LogP contribution in [0.5, 0.6) is 0 Å². The molecule has 1 aliphatic carbocycles. The van der Waals surface area contributed by atoms with Gasteiger partial charge in [-0.2, -0.15) is 0 Å². The van der Waals surface area contributed by atoms with Crippen molar-refractivity contribution in [3.05, 3.63) is 12.2 Å². The van der Waals surface area contributed by atoms with Gasteiger partial charge in [0.15, 0.2) is 0 Å². The highest BCUT2D eigenvalue weighted by atomic mass is 16.6. The molecule has 0 amide bonds. The zero-order valence-electron chi connectivity index (χ0n) is 10.4. The van der Waals surface area contributed by atoms with E-state index in [4.69, 9.17) is 4.74 Å². The monoisotopic (exact) mass is 240 g/mol. The third kappa shape index (κ3) is 4.59. The zero-order chi connectivity index (χ0) is 12.7. The predicted octanol–water partition coefficient (Wildman–Crippen LogP) is 2.23.